The predicted molar refractivity (Wildman–Crippen MR) is 105 cm³/mol. The lowest BCUT2D eigenvalue weighted by Crippen LogP contribution is -2.05. The predicted octanol–water partition coefficient (Wildman–Crippen LogP) is 6.09. The standard InChI is InChI=1S/C22H22ClNO/c1-2-18-7-3-5-9-21(18)24-15-19-8-4-6-10-22(19)25-16-17-11-13-20(23)14-12-17/h3-14,24H,2,15-16H2,1H3. The van der Waals surface area contributed by atoms with Gasteiger partial charge in [0, 0.05) is 22.8 Å². The topological polar surface area (TPSA) is 21.3 Å². The first-order valence-electron chi connectivity index (χ1n) is 8.53. The van der Waals surface area contributed by atoms with E-state index in [0.29, 0.717) is 6.61 Å². The van der Waals surface area contributed by atoms with Gasteiger partial charge in [-0.3, -0.25) is 0 Å². The minimum absolute atomic E-state index is 0.528. The molecule has 1 N–H and O–H groups in total. The minimum Gasteiger partial charge on any atom is -0.489 e. The molecule has 0 aliphatic carbocycles. The van der Waals surface area contributed by atoms with E-state index in [9.17, 15) is 0 Å². The number of ether oxygens (including phenoxy) is 1. The number of aryl methyl sites for hydroxylation is 1. The van der Waals surface area contributed by atoms with E-state index in [0.717, 1.165) is 34.9 Å². The monoisotopic (exact) mass is 351 g/mol. The fourth-order valence-electron chi connectivity index (χ4n) is 2.72. The summed E-state index contributed by atoms with van der Waals surface area (Å²) in [5.41, 5.74) is 4.74. The van der Waals surface area contributed by atoms with Crippen LogP contribution in [-0.4, -0.2) is 0 Å². The Kier molecular flexibility index (Phi) is 5.97. The van der Waals surface area contributed by atoms with Crippen molar-refractivity contribution in [3.8, 4) is 5.75 Å². The van der Waals surface area contributed by atoms with Gasteiger partial charge in [0.15, 0.2) is 0 Å². The molecule has 0 aromatic heterocycles. The normalized spacial score (nSPS) is 10.5. The van der Waals surface area contributed by atoms with Crippen molar-refractivity contribution in [2.45, 2.75) is 26.5 Å². The van der Waals surface area contributed by atoms with Crippen LogP contribution in [0.2, 0.25) is 5.02 Å². The highest BCUT2D eigenvalue weighted by molar-refractivity contribution is 6.30. The lowest BCUT2D eigenvalue weighted by molar-refractivity contribution is 0.303. The number of nitrogens with one attached hydrogen (secondary N) is 1. The van der Waals surface area contributed by atoms with Crippen molar-refractivity contribution >= 4 is 17.3 Å². The molecule has 0 saturated heterocycles. The zero-order chi connectivity index (χ0) is 17.5. The molecule has 0 unspecified atom stereocenters. The highest BCUT2D eigenvalue weighted by Crippen LogP contribution is 2.23. The molecule has 0 aliphatic rings. The maximum atomic E-state index is 6.02. The number of rotatable bonds is 7. The molecule has 128 valence electrons. The third kappa shape index (κ3) is 4.77. The first-order valence-corrected chi connectivity index (χ1v) is 8.91. The summed E-state index contributed by atoms with van der Waals surface area (Å²) in [6.07, 6.45) is 1.01. The maximum absolute atomic E-state index is 6.02. The van der Waals surface area contributed by atoms with Crippen molar-refractivity contribution < 1.29 is 4.74 Å². The fraction of sp³-hybridized carbons (Fsp3) is 0.182. The third-order valence-electron chi connectivity index (χ3n) is 4.15. The van der Waals surface area contributed by atoms with Crippen LogP contribution in [0.15, 0.2) is 72.8 Å². The highest BCUT2D eigenvalue weighted by atomic mass is 35.5. The van der Waals surface area contributed by atoms with Crippen molar-refractivity contribution in [3.05, 3.63) is 94.5 Å². The van der Waals surface area contributed by atoms with Crippen LogP contribution in [0, 0.1) is 0 Å². The van der Waals surface area contributed by atoms with Gasteiger partial charge in [0.2, 0.25) is 0 Å². The van der Waals surface area contributed by atoms with Gasteiger partial charge in [-0.1, -0.05) is 67.1 Å². The van der Waals surface area contributed by atoms with E-state index >= 15 is 0 Å². The molecule has 0 fully saturated rings. The van der Waals surface area contributed by atoms with Gasteiger partial charge in [-0.15, -0.1) is 0 Å². The molecule has 3 heteroatoms. The largest absolute Gasteiger partial charge is 0.489 e. The van der Waals surface area contributed by atoms with E-state index in [1.165, 1.54) is 11.3 Å². The van der Waals surface area contributed by atoms with Crippen LogP contribution in [0.4, 0.5) is 5.69 Å². The molecular weight excluding hydrogens is 330 g/mol. The van der Waals surface area contributed by atoms with Crippen LogP contribution >= 0.6 is 11.6 Å². The fourth-order valence-corrected chi connectivity index (χ4v) is 2.85. The van der Waals surface area contributed by atoms with Gasteiger partial charge in [-0.2, -0.15) is 0 Å². The van der Waals surface area contributed by atoms with Gasteiger partial charge < -0.3 is 10.1 Å². The molecular formula is C22H22ClNO. The Bertz CT molecular complexity index is 814. The summed E-state index contributed by atoms with van der Waals surface area (Å²) in [7, 11) is 0. The van der Waals surface area contributed by atoms with Crippen molar-refractivity contribution in [3.63, 3.8) is 0 Å². The summed E-state index contributed by atoms with van der Waals surface area (Å²) < 4.78 is 6.02. The average molecular weight is 352 g/mol. The molecule has 0 aliphatic heterocycles. The van der Waals surface area contributed by atoms with Crippen LogP contribution in [0.5, 0.6) is 5.75 Å². The van der Waals surface area contributed by atoms with Crippen LogP contribution < -0.4 is 10.1 Å². The zero-order valence-corrected chi connectivity index (χ0v) is 15.1. The van der Waals surface area contributed by atoms with Crippen molar-refractivity contribution in [1.82, 2.24) is 0 Å². The van der Waals surface area contributed by atoms with Gasteiger partial charge >= 0.3 is 0 Å². The SMILES string of the molecule is CCc1ccccc1NCc1ccccc1OCc1ccc(Cl)cc1. The molecule has 0 bridgehead atoms. The summed E-state index contributed by atoms with van der Waals surface area (Å²) in [4.78, 5) is 0. The quantitative estimate of drug-likeness (QED) is 0.555. The molecule has 25 heavy (non-hydrogen) atoms. The van der Waals surface area contributed by atoms with Crippen LogP contribution in [-0.2, 0) is 19.6 Å². The number of hydrogen-bond acceptors (Lipinski definition) is 2. The van der Waals surface area contributed by atoms with Crippen LogP contribution in [0.25, 0.3) is 0 Å². The zero-order valence-electron chi connectivity index (χ0n) is 14.3. The Balaban J connectivity index is 1.67. The summed E-state index contributed by atoms with van der Waals surface area (Å²) in [5.74, 6) is 0.902. The summed E-state index contributed by atoms with van der Waals surface area (Å²) in [6, 6.07) is 24.3. The van der Waals surface area contributed by atoms with Gasteiger partial charge in [-0.25, -0.2) is 0 Å². The Morgan fingerprint density at radius 1 is 0.840 bits per heavy atom. The van der Waals surface area contributed by atoms with Crippen LogP contribution in [0.3, 0.4) is 0 Å². The van der Waals surface area contributed by atoms with Crippen LogP contribution in [0.1, 0.15) is 23.6 Å². The number of hydrogen-bond donors (Lipinski definition) is 1. The van der Waals surface area contributed by atoms with Gasteiger partial charge in [-0.05, 0) is 41.8 Å². The Labute approximate surface area is 154 Å². The molecule has 0 amide bonds. The lowest BCUT2D eigenvalue weighted by Gasteiger charge is -2.14. The molecule has 3 aromatic carbocycles. The minimum atomic E-state index is 0.528. The molecule has 0 radical (unpaired) electrons. The van der Waals surface area contributed by atoms with E-state index in [1.807, 2.05) is 42.5 Å². The first kappa shape index (κ1) is 17.4. The molecule has 0 heterocycles. The molecule has 0 saturated carbocycles. The van der Waals surface area contributed by atoms with E-state index in [1.54, 1.807) is 0 Å². The van der Waals surface area contributed by atoms with E-state index in [2.05, 4.69) is 42.6 Å². The Hall–Kier alpha value is -2.45. The molecule has 0 spiro atoms. The first-order chi connectivity index (χ1) is 12.3. The lowest BCUT2D eigenvalue weighted by atomic mass is 10.1. The summed E-state index contributed by atoms with van der Waals surface area (Å²) >= 11 is 5.93. The maximum Gasteiger partial charge on any atom is 0.124 e. The number of anilines is 1. The Morgan fingerprint density at radius 2 is 1.52 bits per heavy atom. The second-order valence-corrected chi connectivity index (χ2v) is 6.32. The highest BCUT2D eigenvalue weighted by Gasteiger charge is 2.05. The second kappa shape index (κ2) is 8.59. The van der Waals surface area contributed by atoms with Crippen molar-refractivity contribution in [2.24, 2.45) is 0 Å². The number of para-hydroxylation sites is 2. The van der Waals surface area contributed by atoms with Gasteiger partial charge in [0.25, 0.3) is 0 Å². The van der Waals surface area contributed by atoms with Crippen molar-refractivity contribution in [2.75, 3.05) is 5.32 Å². The smallest absolute Gasteiger partial charge is 0.124 e. The summed E-state index contributed by atoms with van der Waals surface area (Å²) in [5, 5.41) is 4.27. The van der Waals surface area contributed by atoms with Gasteiger partial charge in [0.05, 0.1) is 0 Å². The van der Waals surface area contributed by atoms with Gasteiger partial charge in [0.1, 0.15) is 12.4 Å². The van der Waals surface area contributed by atoms with Crippen molar-refractivity contribution in [1.29, 1.82) is 0 Å². The molecule has 3 aromatic rings. The third-order valence-corrected chi connectivity index (χ3v) is 4.40. The molecule has 0 atom stereocenters. The van der Waals surface area contributed by atoms with E-state index < -0.39 is 0 Å². The summed E-state index contributed by atoms with van der Waals surface area (Å²) in [6.45, 7) is 3.43. The van der Waals surface area contributed by atoms with E-state index in [4.69, 9.17) is 16.3 Å². The second-order valence-electron chi connectivity index (χ2n) is 5.89. The number of benzene rings is 3. The Morgan fingerprint density at radius 3 is 2.28 bits per heavy atom. The molecule has 2 nitrogen and oxygen atoms in total. The molecule has 3 rings (SSSR count). The van der Waals surface area contributed by atoms with E-state index in [-0.39, 0.29) is 0 Å². The average Bonchev–Trinajstić information content (AvgIpc) is 2.67. The number of halogens is 1.